The molecule has 3 aromatic heterocycles. The molecule has 0 spiro atoms. The lowest BCUT2D eigenvalue weighted by atomic mass is 10.2. The number of hydrogen-bond donors (Lipinski definition) is 0. The molecule has 29 heavy (non-hydrogen) atoms. The maximum atomic E-state index is 13.4. The summed E-state index contributed by atoms with van der Waals surface area (Å²) in [5, 5.41) is 4.07. The molecule has 0 unspecified atom stereocenters. The van der Waals surface area contributed by atoms with Crippen LogP contribution in [0.25, 0.3) is 5.65 Å². The lowest BCUT2D eigenvalue weighted by Crippen LogP contribution is -2.33. The van der Waals surface area contributed by atoms with Gasteiger partial charge in [0.25, 0.3) is 5.91 Å². The Labute approximate surface area is 171 Å². The number of amides is 1. The van der Waals surface area contributed by atoms with E-state index in [4.69, 9.17) is 9.51 Å². The number of hydrogen-bond acceptors (Lipinski definition) is 5. The summed E-state index contributed by atoms with van der Waals surface area (Å²) in [6.45, 7) is 6.35. The normalized spacial score (nSPS) is 16.3. The summed E-state index contributed by atoms with van der Waals surface area (Å²) >= 11 is 0. The highest BCUT2D eigenvalue weighted by molar-refractivity contribution is 5.94. The molecular formula is C22H29N5O2. The number of carbonyl (C=O) groups excluding carboxylic acids is 1. The van der Waals surface area contributed by atoms with E-state index in [0.29, 0.717) is 12.2 Å². The number of likely N-dealkylation sites (tertiary alicyclic amines) is 1. The van der Waals surface area contributed by atoms with Gasteiger partial charge in [0.1, 0.15) is 17.6 Å². The van der Waals surface area contributed by atoms with Crippen LogP contribution in [0.3, 0.4) is 0 Å². The summed E-state index contributed by atoms with van der Waals surface area (Å²) in [7, 11) is 2.03. The zero-order valence-electron chi connectivity index (χ0n) is 17.5. The zero-order chi connectivity index (χ0) is 20.4. The second-order valence-corrected chi connectivity index (χ2v) is 8.06. The largest absolute Gasteiger partial charge is 0.364 e. The third kappa shape index (κ3) is 4.05. The monoisotopic (exact) mass is 395 g/mol. The van der Waals surface area contributed by atoms with Crippen molar-refractivity contribution in [2.45, 2.75) is 52.1 Å². The topological polar surface area (TPSA) is 66.9 Å². The van der Waals surface area contributed by atoms with Gasteiger partial charge < -0.3 is 13.8 Å². The molecule has 0 radical (unpaired) electrons. The molecule has 0 N–H and O–H groups in total. The first-order valence-corrected chi connectivity index (χ1v) is 10.4. The van der Waals surface area contributed by atoms with E-state index in [1.807, 2.05) is 41.6 Å². The number of imidazole rings is 1. The van der Waals surface area contributed by atoms with Crippen LogP contribution in [0.5, 0.6) is 0 Å². The SMILES string of the molecule is Cc1ccn2c(CN(C)[C@H](C)c3ccon3)c(C(=O)N3CCCCCC3)nc2c1. The molecule has 1 amide bonds. The van der Waals surface area contributed by atoms with Crippen molar-refractivity contribution >= 4 is 11.6 Å². The Bertz CT molecular complexity index is 971. The number of aromatic nitrogens is 3. The van der Waals surface area contributed by atoms with Crippen molar-refractivity contribution in [1.82, 2.24) is 24.3 Å². The van der Waals surface area contributed by atoms with Gasteiger partial charge in [-0.15, -0.1) is 0 Å². The van der Waals surface area contributed by atoms with Crippen molar-refractivity contribution < 1.29 is 9.32 Å². The minimum atomic E-state index is 0.0470. The van der Waals surface area contributed by atoms with Gasteiger partial charge in [0, 0.05) is 31.9 Å². The van der Waals surface area contributed by atoms with Gasteiger partial charge in [-0.1, -0.05) is 18.0 Å². The van der Waals surface area contributed by atoms with Crippen molar-refractivity contribution in [2.24, 2.45) is 0 Å². The highest BCUT2D eigenvalue weighted by atomic mass is 16.5. The molecule has 1 atom stereocenters. The Morgan fingerprint density at radius 2 is 2.00 bits per heavy atom. The quantitative estimate of drug-likeness (QED) is 0.657. The van der Waals surface area contributed by atoms with Gasteiger partial charge in [-0.2, -0.15) is 0 Å². The van der Waals surface area contributed by atoms with Gasteiger partial charge >= 0.3 is 0 Å². The molecule has 154 valence electrons. The van der Waals surface area contributed by atoms with Gasteiger partial charge in [0.05, 0.1) is 11.7 Å². The van der Waals surface area contributed by atoms with E-state index in [1.54, 1.807) is 6.26 Å². The molecule has 7 nitrogen and oxygen atoms in total. The number of pyridine rings is 1. The third-order valence-electron chi connectivity index (χ3n) is 5.92. The maximum absolute atomic E-state index is 13.4. The predicted octanol–water partition coefficient (Wildman–Crippen LogP) is 3.84. The molecule has 0 saturated carbocycles. The smallest absolute Gasteiger partial charge is 0.274 e. The van der Waals surface area contributed by atoms with Gasteiger partial charge in [-0.25, -0.2) is 4.98 Å². The molecule has 0 aromatic carbocycles. The van der Waals surface area contributed by atoms with Crippen LogP contribution in [0.4, 0.5) is 0 Å². The van der Waals surface area contributed by atoms with Crippen molar-refractivity contribution in [3.63, 3.8) is 0 Å². The molecule has 0 aliphatic carbocycles. The van der Waals surface area contributed by atoms with Crippen LogP contribution in [0.1, 0.15) is 66.1 Å². The van der Waals surface area contributed by atoms with Crippen LogP contribution in [0.2, 0.25) is 0 Å². The van der Waals surface area contributed by atoms with Crippen LogP contribution in [0, 0.1) is 6.92 Å². The Hall–Kier alpha value is -2.67. The fourth-order valence-electron chi connectivity index (χ4n) is 3.98. The van der Waals surface area contributed by atoms with Crippen molar-refractivity contribution in [3.8, 4) is 0 Å². The van der Waals surface area contributed by atoms with Crippen molar-refractivity contribution in [2.75, 3.05) is 20.1 Å². The minimum Gasteiger partial charge on any atom is -0.364 e. The summed E-state index contributed by atoms with van der Waals surface area (Å²) in [6, 6.07) is 6.02. The summed E-state index contributed by atoms with van der Waals surface area (Å²) in [4.78, 5) is 22.3. The fraction of sp³-hybridized carbons (Fsp3) is 0.500. The average molecular weight is 396 g/mol. The first kappa shape index (κ1) is 19.6. The maximum Gasteiger partial charge on any atom is 0.274 e. The van der Waals surface area contributed by atoms with Crippen LogP contribution in [-0.4, -0.2) is 50.4 Å². The Morgan fingerprint density at radius 3 is 2.69 bits per heavy atom. The zero-order valence-corrected chi connectivity index (χ0v) is 17.5. The van der Waals surface area contributed by atoms with E-state index in [0.717, 1.165) is 48.5 Å². The summed E-state index contributed by atoms with van der Waals surface area (Å²) in [6.07, 6.45) is 8.12. The lowest BCUT2D eigenvalue weighted by molar-refractivity contribution is 0.0753. The average Bonchev–Trinajstić information content (AvgIpc) is 3.27. The number of carbonyl (C=O) groups is 1. The molecular weight excluding hydrogens is 366 g/mol. The first-order chi connectivity index (χ1) is 14.0. The van der Waals surface area contributed by atoms with Crippen LogP contribution < -0.4 is 0 Å². The van der Waals surface area contributed by atoms with Crippen LogP contribution in [-0.2, 0) is 6.54 Å². The highest BCUT2D eigenvalue weighted by Crippen LogP contribution is 2.23. The predicted molar refractivity (Wildman–Crippen MR) is 111 cm³/mol. The van der Waals surface area contributed by atoms with Gasteiger partial charge in [-0.05, 0) is 51.4 Å². The molecule has 3 aromatic rings. The Kier molecular flexibility index (Phi) is 5.67. The molecule has 0 bridgehead atoms. The molecule has 1 saturated heterocycles. The molecule has 1 fully saturated rings. The summed E-state index contributed by atoms with van der Waals surface area (Å²) in [5.74, 6) is 0.0470. The van der Waals surface area contributed by atoms with Crippen LogP contribution >= 0.6 is 0 Å². The lowest BCUT2D eigenvalue weighted by Gasteiger charge is -2.24. The van der Waals surface area contributed by atoms with Gasteiger partial charge in [-0.3, -0.25) is 9.69 Å². The second kappa shape index (κ2) is 8.37. The standard InChI is InChI=1S/C22H29N5O2/c1-16-8-12-27-19(15-25(3)17(2)18-9-13-29-24-18)21(23-20(27)14-16)22(28)26-10-6-4-5-7-11-26/h8-9,12-14,17H,4-7,10-11,15H2,1-3H3/t17-/m1/s1. The summed E-state index contributed by atoms with van der Waals surface area (Å²) in [5.41, 5.74) is 4.31. The van der Waals surface area contributed by atoms with Crippen LogP contribution in [0.15, 0.2) is 35.2 Å². The van der Waals surface area contributed by atoms with E-state index in [2.05, 4.69) is 23.0 Å². The highest BCUT2D eigenvalue weighted by Gasteiger charge is 2.26. The molecule has 4 rings (SSSR count). The number of nitrogens with zero attached hydrogens (tertiary/aromatic N) is 5. The van der Waals surface area contributed by atoms with E-state index in [1.165, 1.54) is 12.8 Å². The summed E-state index contributed by atoms with van der Waals surface area (Å²) < 4.78 is 7.05. The molecule has 4 heterocycles. The van der Waals surface area contributed by atoms with Gasteiger partial charge in [0.15, 0.2) is 5.69 Å². The van der Waals surface area contributed by atoms with Gasteiger partial charge in [0.2, 0.25) is 0 Å². The fourth-order valence-corrected chi connectivity index (χ4v) is 3.98. The molecule has 7 heteroatoms. The van der Waals surface area contributed by atoms with Crippen molar-refractivity contribution in [1.29, 1.82) is 0 Å². The first-order valence-electron chi connectivity index (χ1n) is 10.4. The number of rotatable bonds is 5. The molecule has 1 aliphatic rings. The Balaban J connectivity index is 1.69. The van der Waals surface area contributed by atoms with E-state index < -0.39 is 0 Å². The second-order valence-electron chi connectivity index (χ2n) is 8.06. The third-order valence-corrected chi connectivity index (χ3v) is 5.92. The minimum absolute atomic E-state index is 0.0470. The number of fused-ring (bicyclic) bond motifs is 1. The van der Waals surface area contributed by atoms with E-state index in [-0.39, 0.29) is 11.9 Å². The van der Waals surface area contributed by atoms with Crippen molar-refractivity contribution in [3.05, 3.63) is 53.3 Å². The molecule has 1 aliphatic heterocycles. The van der Waals surface area contributed by atoms with E-state index in [9.17, 15) is 4.79 Å². The Morgan fingerprint density at radius 1 is 1.24 bits per heavy atom. The number of aryl methyl sites for hydroxylation is 1. The van der Waals surface area contributed by atoms with E-state index >= 15 is 0 Å².